The predicted octanol–water partition coefficient (Wildman–Crippen LogP) is 1.64. The molecule has 1 rings (SSSR count). The molecule has 0 amide bonds. The molecule has 1 aliphatic heterocycles. The van der Waals surface area contributed by atoms with E-state index in [0.717, 1.165) is 12.8 Å². The maximum atomic E-state index is 11.0. The minimum Gasteiger partial charge on any atom is -0.227 e. The molecule has 0 saturated carbocycles. The van der Waals surface area contributed by atoms with Crippen molar-refractivity contribution in [1.82, 2.24) is 0 Å². The number of rotatable bonds is 0. The van der Waals surface area contributed by atoms with Gasteiger partial charge in [0.15, 0.2) is 9.84 Å². The topological polar surface area (TPSA) is 34.1 Å². The van der Waals surface area contributed by atoms with Gasteiger partial charge in [-0.3, -0.25) is 0 Å². The highest BCUT2D eigenvalue weighted by molar-refractivity contribution is 9.13. The van der Waals surface area contributed by atoms with E-state index in [9.17, 15) is 8.42 Å². The van der Waals surface area contributed by atoms with Crippen LogP contribution in [0.4, 0.5) is 0 Å². The second-order valence-electron chi connectivity index (χ2n) is 1.99. The molecule has 0 aromatic heterocycles. The number of alkyl halides is 2. The normalized spacial score (nSPS) is 41.1. The lowest BCUT2D eigenvalue weighted by atomic mass is 10.4. The Hall–Kier alpha value is 0.910. The largest absolute Gasteiger partial charge is 0.227 e. The monoisotopic (exact) mass is 276 g/mol. The molecule has 0 aliphatic carbocycles. The van der Waals surface area contributed by atoms with E-state index < -0.39 is 9.84 Å². The van der Waals surface area contributed by atoms with Crippen molar-refractivity contribution in [3.8, 4) is 0 Å². The van der Waals surface area contributed by atoms with Crippen LogP contribution in [0.2, 0.25) is 0 Å². The zero-order chi connectivity index (χ0) is 7.07. The van der Waals surface area contributed by atoms with Crippen LogP contribution < -0.4 is 0 Å². The molecule has 0 spiro atoms. The van der Waals surface area contributed by atoms with Crippen LogP contribution in [0.1, 0.15) is 12.8 Å². The Morgan fingerprint density at radius 1 is 1.11 bits per heavy atom. The summed E-state index contributed by atoms with van der Waals surface area (Å²) in [6, 6.07) is 0. The third-order valence-electron chi connectivity index (χ3n) is 1.33. The Bertz CT molecular complexity index is 183. The van der Waals surface area contributed by atoms with Gasteiger partial charge in [0.05, 0.1) is 0 Å². The predicted molar refractivity (Wildman–Crippen MR) is 43.6 cm³/mol. The van der Waals surface area contributed by atoms with Gasteiger partial charge in [0.2, 0.25) is 0 Å². The lowest BCUT2D eigenvalue weighted by Crippen LogP contribution is -2.12. The van der Waals surface area contributed by atoms with Gasteiger partial charge in [0.25, 0.3) is 0 Å². The maximum absolute atomic E-state index is 11.0. The summed E-state index contributed by atoms with van der Waals surface area (Å²) < 4.78 is 21.3. The first kappa shape index (κ1) is 8.01. The summed E-state index contributed by atoms with van der Waals surface area (Å²) in [4.78, 5) is 0. The molecule has 1 saturated heterocycles. The summed E-state index contributed by atoms with van der Waals surface area (Å²) in [6.45, 7) is 0. The summed E-state index contributed by atoms with van der Waals surface area (Å²) in [7, 11) is -2.87. The zero-order valence-electron chi connectivity index (χ0n) is 4.55. The average molecular weight is 278 g/mol. The Balaban J connectivity index is 2.93. The fourth-order valence-corrected chi connectivity index (χ4v) is 4.96. The molecule has 9 heavy (non-hydrogen) atoms. The van der Waals surface area contributed by atoms with Gasteiger partial charge in [0.1, 0.15) is 8.32 Å². The minimum atomic E-state index is -2.87. The first-order valence-corrected chi connectivity index (χ1v) is 6.00. The van der Waals surface area contributed by atoms with Crippen molar-refractivity contribution >= 4 is 41.7 Å². The molecule has 5 heteroatoms. The maximum Gasteiger partial charge on any atom is 0.175 e. The third kappa shape index (κ3) is 1.33. The molecule has 1 aliphatic rings. The van der Waals surface area contributed by atoms with Crippen LogP contribution in [0, 0.1) is 0 Å². The SMILES string of the molecule is O=S1(=O)C(Br)CCC1Br. The molecule has 2 unspecified atom stereocenters. The number of hydrogen-bond donors (Lipinski definition) is 0. The van der Waals surface area contributed by atoms with Crippen LogP contribution in [0.3, 0.4) is 0 Å². The van der Waals surface area contributed by atoms with Crippen LogP contribution in [-0.4, -0.2) is 16.7 Å². The van der Waals surface area contributed by atoms with Gasteiger partial charge in [-0.05, 0) is 12.8 Å². The van der Waals surface area contributed by atoms with Gasteiger partial charge in [-0.15, -0.1) is 0 Å². The van der Waals surface area contributed by atoms with Crippen molar-refractivity contribution in [2.45, 2.75) is 21.2 Å². The fraction of sp³-hybridized carbons (Fsp3) is 1.00. The van der Waals surface area contributed by atoms with Crippen molar-refractivity contribution in [2.24, 2.45) is 0 Å². The van der Waals surface area contributed by atoms with E-state index in [1.54, 1.807) is 0 Å². The van der Waals surface area contributed by atoms with Crippen molar-refractivity contribution in [3.63, 3.8) is 0 Å². The molecule has 1 fully saturated rings. The summed E-state index contributed by atoms with van der Waals surface area (Å²) >= 11 is 6.16. The average Bonchev–Trinajstić information content (AvgIpc) is 1.96. The zero-order valence-corrected chi connectivity index (χ0v) is 8.54. The van der Waals surface area contributed by atoms with E-state index in [-0.39, 0.29) is 8.32 Å². The molecule has 2 nitrogen and oxygen atoms in total. The number of hydrogen-bond acceptors (Lipinski definition) is 2. The molecular formula is C4H6Br2O2S. The van der Waals surface area contributed by atoms with E-state index in [1.165, 1.54) is 0 Å². The van der Waals surface area contributed by atoms with Gasteiger partial charge in [0, 0.05) is 0 Å². The van der Waals surface area contributed by atoms with Crippen molar-refractivity contribution in [2.75, 3.05) is 0 Å². The number of sulfone groups is 1. The molecular weight excluding hydrogens is 272 g/mol. The highest BCUT2D eigenvalue weighted by Crippen LogP contribution is 2.34. The van der Waals surface area contributed by atoms with Gasteiger partial charge in [-0.2, -0.15) is 0 Å². The summed E-state index contributed by atoms with van der Waals surface area (Å²) in [5, 5.41) is 0. The molecule has 0 N–H and O–H groups in total. The molecule has 0 aromatic rings. The van der Waals surface area contributed by atoms with Crippen molar-refractivity contribution in [1.29, 1.82) is 0 Å². The van der Waals surface area contributed by atoms with Crippen molar-refractivity contribution < 1.29 is 8.42 Å². The standard InChI is InChI=1S/C4H6Br2O2S/c5-3-1-2-4(6)9(3,7)8/h3-4H,1-2H2. The smallest absolute Gasteiger partial charge is 0.175 e. The molecule has 0 bridgehead atoms. The minimum absolute atomic E-state index is 0.325. The molecule has 0 aromatic carbocycles. The van der Waals surface area contributed by atoms with Gasteiger partial charge >= 0.3 is 0 Å². The Kier molecular flexibility index (Phi) is 2.23. The Morgan fingerprint density at radius 2 is 1.44 bits per heavy atom. The van der Waals surface area contributed by atoms with Gasteiger partial charge in [-0.25, -0.2) is 8.42 Å². The van der Waals surface area contributed by atoms with Gasteiger partial charge < -0.3 is 0 Å². The van der Waals surface area contributed by atoms with Crippen LogP contribution in [-0.2, 0) is 9.84 Å². The van der Waals surface area contributed by atoms with E-state index >= 15 is 0 Å². The Labute approximate surface area is 71.2 Å². The Morgan fingerprint density at radius 3 is 1.56 bits per heavy atom. The van der Waals surface area contributed by atoms with Gasteiger partial charge in [-0.1, -0.05) is 31.9 Å². The molecule has 1 heterocycles. The third-order valence-corrected chi connectivity index (χ3v) is 7.27. The summed E-state index contributed by atoms with van der Waals surface area (Å²) in [5.41, 5.74) is 0. The highest BCUT2D eigenvalue weighted by Gasteiger charge is 2.37. The quantitative estimate of drug-likeness (QED) is 0.631. The second kappa shape index (κ2) is 2.51. The summed E-state index contributed by atoms with van der Waals surface area (Å²) in [5.74, 6) is 0. The van der Waals surface area contributed by atoms with Crippen LogP contribution in [0.5, 0.6) is 0 Å². The van der Waals surface area contributed by atoms with E-state index in [4.69, 9.17) is 0 Å². The molecule has 2 atom stereocenters. The van der Waals surface area contributed by atoms with E-state index in [0.29, 0.717) is 0 Å². The highest BCUT2D eigenvalue weighted by atomic mass is 79.9. The van der Waals surface area contributed by atoms with E-state index in [1.807, 2.05) is 0 Å². The summed E-state index contributed by atoms with van der Waals surface area (Å²) in [6.07, 6.45) is 1.44. The molecule has 0 radical (unpaired) electrons. The first-order chi connectivity index (χ1) is 4.05. The van der Waals surface area contributed by atoms with E-state index in [2.05, 4.69) is 31.9 Å². The fourth-order valence-electron chi connectivity index (χ4n) is 0.751. The molecule has 54 valence electrons. The number of halogens is 2. The van der Waals surface area contributed by atoms with Crippen LogP contribution in [0.25, 0.3) is 0 Å². The lowest BCUT2D eigenvalue weighted by molar-refractivity contribution is 0.599. The second-order valence-corrected chi connectivity index (χ2v) is 7.73. The lowest BCUT2D eigenvalue weighted by Gasteiger charge is -1.99. The van der Waals surface area contributed by atoms with Crippen LogP contribution in [0.15, 0.2) is 0 Å². The van der Waals surface area contributed by atoms with Crippen molar-refractivity contribution in [3.05, 3.63) is 0 Å². The first-order valence-electron chi connectivity index (χ1n) is 2.56. The van der Waals surface area contributed by atoms with Crippen LogP contribution >= 0.6 is 31.9 Å².